The Bertz CT molecular complexity index is 430. The van der Waals surface area contributed by atoms with Crippen LogP contribution in [0.15, 0.2) is 18.2 Å². The predicted molar refractivity (Wildman–Crippen MR) is 69.8 cm³/mol. The lowest BCUT2D eigenvalue weighted by Gasteiger charge is -2.37. The lowest BCUT2D eigenvalue weighted by molar-refractivity contribution is -0.0920. The van der Waals surface area contributed by atoms with Crippen LogP contribution >= 0.6 is 0 Å². The van der Waals surface area contributed by atoms with Crippen molar-refractivity contribution in [2.45, 2.75) is 38.9 Å². The van der Waals surface area contributed by atoms with Crippen LogP contribution in [0.2, 0.25) is 0 Å². The second kappa shape index (κ2) is 6.98. The molecule has 5 nitrogen and oxygen atoms in total. The molecule has 0 saturated heterocycles. The van der Waals surface area contributed by atoms with Gasteiger partial charge < -0.3 is 24.9 Å². The first kappa shape index (κ1) is 18.8. The lowest BCUT2D eigenvalue weighted by atomic mass is 9.89. The third-order valence-electron chi connectivity index (χ3n) is 2.73. The van der Waals surface area contributed by atoms with E-state index < -0.39 is 30.2 Å². The van der Waals surface area contributed by atoms with Gasteiger partial charge in [0, 0.05) is 6.07 Å². The number of ether oxygens (including phenoxy) is 1. The summed E-state index contributed by atoms with van der Waals surface area (Å²) in [5, 5.41) is 31.3. The van der Waals surface area contributed by atoms with Crippen molar-refractivity contribution < 1.29 is 33.7 Å². The van der Waals surface area contributed by atoms with Crippen LogP contribution in [0.3, 0.4) is 0 Å². The first-order valence-electron chi connectivity index (χ1n) is 5.77. The summed E-state index contributed by atoms with van der Waals surface area (Å²) < 4.78 is 31.4. The molecule has 20 heavy (non-hydrogen) atoms. The van der Waals surface area contributed by atoms with Gasteiger partial charge in [-0.2, -0.15) is 0 Å². The van der Waals surface area contributed by atoms with Gasteiger partial charge in [0.2, 0.25) is 0 Å². The molecule has 0 aliphatic carbocycles. The molecule has 1 aromatic carbocycles. The van der Waals surface area contributed by atoms with E-state index >= 15 is 0 Å². The number of benzene rings is 1. The Morgan fingerprint density at radius 2 is 1.50 bits per heavy atom. The maximum Gasteiger partial charge on any atom is 0.631 e. The summed E-state index contributed by atoms with van der Waals surface area (Å²) in [4.78, 5) is 0. The second-order valence-electron chi connectivity index (χ2n) is 5.09. The summed E-state index contributed by atoms with van der Waals surface area (Å²) in [6.45, 7) is 6.40. The lowest BCUT2D eigenvalue weighted by Crippen LogP contribution is -2.49. The third kappa shape index (κ3) is 6.29. The zero-order valence-electron chi connectivity index (χ0n) is 11.8. The van der Waals surface area contributed by atoms with Gasteiger partial charge in [0.1, 0.15) is 11.4 Å². The molecule has 0 radical (unpaired) electrons. The highest BCUT2D eigenvalue weighted by Crippen LogP contribution is 2.29. The molecule has 8 heteroatoms. The Hall–Kier alpha value is -1.22. The number of rotatable bonds is 3. The van der Waals surface area contributed by atoms with Crippen molar-refractivity contribution in [1.29, 1.82) is 0 Å². The normalized spacial score (nSPS) is 11.5. The summed E-state index contributed by atoms with van der Waals surface area (Å²) in [5.74, 6) is -1.52. The molecule has 0 aliphatic heterocycles. The van der Waals surface area contributed by atoms with Gasteiger partial charge in [0.05, 0.1) is 5.60 Å². The van der Waals surface area contributed by atoms with Crippen LogP contribution in [0.4, 0.5) is 8.78 Å². The van der Waals surface area contributed by atoms with Gasteiger partial charge in [-0.1, -0.05) is 0 Å². The van der Waals surface area contributed by atoms with Gasteiger partial charge in [-0.3, -0.25) is 0 Å². The molecule has 0 aromatic heterocycles. The largest absolute Gasteiger partial charge is 0.631 e. The van der Waals surface area contributed by atoms with Crippen LogP contribution in [0, 0.1) is 11.6 Å². The summed E-state index contributed by atoms with van der Waals surface area (Å²) in [7, 11) is -2.17. The first-order chi connectivity index (χ1) is 8.86. The quantitative estimate of drug-likeness (QED) is 0.620. The molecule has 0 atom stereocenters. The monoisotopic (exact) mass is 292 g/mol. The maximum atomic E-state index is 13.3. The highest BCUT2D eigenvalue weighted by atomic mass is 19.1. The Balaban J connectivity index is 0.000000796. The molecular weight excluding hydrogens is 273 g/mol. The van der Waals surface area contributed by atoms with Gasteiger partial charge in [-0.15, -0.1) is 0 Å². The van der Waals surface area contributed by atoms with Gasteiger partial charge in [-0.05, 0) is 39.8 Å². The van der Waals surface area contributed by atoms with Crippen molar-refractivity contribution in [3.63, 3.8) is 0 Å². The molecule has 0 bridgehead atoms. The predicted octanol–water partition coefficient (Wildman–Crippen LogP) is 0.841. The molecule has 4 N–H and O–H groups in total. The standard InChI is InChI=1S/C12H16F2O2.BH3O3/c1-11(2,15)12(3,4)16-10-6-5-8(13)7-9(10)14;2-1(3)4/h5-7,15H,1-4H3;2-4H. The average Bonchev–Trinajstić information content (AvgIpc) is 2.19. The molecule has 0 aliphatic rings. The fourth-order valence-electron chi connectivity index (χ4n) is 0.958. The topological polar surface area (TPSA) is 90.2 Å². The smallest absolute Gasteiger partial charge is 0.482 e. The zero-order valence-corrected chi connectivity index (χ0v) is 11.8. The van der Waals surface area contributed by atoms with Crippen molar-refractivity contribution in [2.75, 3.05) is 0 Å². The van der Waals surface area contributed by atoms with Crippen LogP contribution in [0.1, 0.15) is 27.7 Å². The number of halogens is 2. The zero-order chi connectivity index (χ0) is 16.1. The summed E-state index contributed by atoms with van der Waals surface area (Å²) in [6, 6.07) is 3.06. The fourth-order valence-corrected chi connectivity index (χ4v) is 0.958. The van der Waals surface area contributed by atoms with E-state index in [1.54, 1.807) is 27.7 Å². The summed E-state index contributed by atoms with van der Waals surface area (Å²) in [6.07, 6.45) is 0. The van der Waals surface area contributed by atoms with Crippen molar-refractivity contribution in [3.8, 4) is 5.75 Å². The van der Waals surface area contributed by atoms with Crippen LogP contribution in [0.25, 0.3) is 0 Å². The molecule has 0 saturated carbocycles. The van der Waals surface area contributed by atoms with E-state index in [0.717, 1.165) is 12.1 Å². The van der Waals surface area contributed by atoms with Crippen molar-refractivity contribution >= 4 is 7.32 Å². The minimum Gasteiger partial charge on any atom is -0.482 e. The van der Waals surface area contributed by atoms with Gasteiger partial charge in [-0.25, -0.2) is 8.78 Å². The third-order valence-corrected chi connectivity index (χ3v) is 2.73. The first-order valence-corrected chi connectivity index (χ1v) is 5.77. The van der Waals surface area contributed by atoms with E-state index in [4.69, 9.17) is 19.8 Å². The fraction of sp³-hybridized carbons (Fsp3) is 0.500. The van der Waals surface area contributed by atoms with E-state index in [-0.39, 0.29) is 5.75 Å². The second-order valence-corrected chi connectivity index (χ2v) is 5.09. The SMILES string of the molecule is CC(C)(O)C(C)(C)Oc1ccc(F)cc1F.OB(O)O. The molecule has 0 amide bonds. The van der Waals surface area contributed by atoms with E-state index in [1.807, 2.05) is 0 Å². The highest BCUT2D eigenvalue weighted by Gasteiger charge is 2.37. The van der Waals surface area contributed by atoms with Crippen LogP contribution in [0.5, 0.6) is 5.75 Å². The molecule has 1 rings (SSSR count). The van der Waals surface area contributed by atoms with E-state index in [0.29, 0.717) is 0 Å². The van der Waals surface area contributed by atoms with Gasteiger partial charge in [0.15, 0.2) is 11.6 Å². The Morgan fingerprint density at radius 3 is 1.85 bits per heavy atom. The van der Waals surface area contributed by atoms with Crippen molar-refractivity contribution in [3.05, 3.63) is 29.8 Å². The van der Waals surface area contributed by atoms with E-state index in [1.165, 1.54) is 6.07 Å². The molecule has 0 heterocycles. The van der Waals surface area contributed by atoms with Gasteiger partial charge in [0.25, 0.3) is 0 Å². The van der Waals surface area contributed by atoms with Crippen LogP contribution in [-0.4, -0.2) is 38.7 Å². The van der Waals surface area contributed by atoms with Gasteiger partial charge >= 0.3 is 7.32 Å². The number of hydrogen-bond donors (Lipinski definition) is 4. The van der Waals surface area contributed by atoms with E-state index in [2.05, 4.69) is 0 Å². The molecule has 1 aromatic rings. The minimum absolute atomic E-state index is 0.0754. The summed E-state index contributed by atoms with van der Waals surface area (Å²) in [5.41, 5.74) is -2.13. The Kier molecular flexibility index (Phi) is 6.56. The number of aliphatic hydroxyl groups is 1. The van der Waals surface area contributed by atoms with E-state index in [9.17, 15) is 13.9 Å². The summed E-state index contributed by atoms with van der Waals surface area (Å²) >= 11 is 0. The molecule has 114 valence electrons. The minimum atomic E-state index is -2.17. The van der Waals surface area contributed by atoms with Crippen LogP contribution < -0.4 is 4.74 Å². The highest BCUT2D eigenvalue weighted by molar-refractivity contribution is 6.30. The molecular formula is C12H19BF2O5. The van der Waals surface area contributed by atoms with Crippen molar-refractivity contribution in [2.24, 2.45) is 0 Å². The Labute approximate surface area is 116 Å². The number of hydrogen-bond acceptors (Lipinski definition) is 5. The average molecular weight is 292 g/mol. The maximum absolute atomic E-state index is 13.3. The molecule has 0 fully saturated rings. The molecule has 0 unspecified atom stereocenters. The Morgan fingerprint density at radius 1 is 1.05 bits per heavy atom. The van der Waals surface area contributed by atoms with Crippen LogP contribution in [-0.2, 0) is 0 Å². The van der Waals surface area contributed by atoms with Crippen molar-refractivity contribution in [1.82, 2.24) is 0 Å². The molecule has 0 spiro atoms.